The van der Waals surface area contributed by atoms with Gasteiger partial charge in [-0.2, -0.15) is 0 Å². The van der Waals surface area contributed by atoms with Crippen LogP contribution in [-0.4, -0.2) is 16.7 Å². The molecule has 3 nitrogen and oxygen atoms in total. The number of benzene rings is 1. The van der Waals surface area contributed by atoms with E-state index in [0.29, 0.717) is 12.8 Å². The van der Waals surface area contributed by atoms with Crippen LogP contribution in [0.15, 0.2) is 41.7 Å². The minimum Gasteiger partial charge on any atom is -0.511 e. The van der Waals surface area contributed by atoms with Crippen LogP contribution >= 0.6 is 0 Å². The Morgan fingerprint density at radius 2 is 1.88 bits per heavy atom. The van der Waals surface area contributed by atoms with Gasteiger partial charge in [0, 0.05) is 12.8 Å². The third-order valence-electron chi connectivity index (χ3n) is 3.06. The van der Waals surface area contributed by atoms with Gasteiger partial charge < -0.3 is 5.11 Å². The second-order valence-corrected chi connectivity index (χ2v) is 4.32. The van der Waals surface area contributed by atoms with Crippen LogP contribution in [0, 0.1) is 0 Å². The maximum Gasteiger partial charge on any atom is 0.170 e. The van der Waals surface area contributed by atoms with Crippen molar-refractivity contribution in [3.8, 4) is 0 Å². The second-order valence-electron chi connectivity index (χ2n) is 4.32. The van der Waals surface area contributed by atoms with Crippen molar-refractivity contribution in [2.24, 2.45) is 0 Å². The summed E-state index contributed by atoms with van der Waals surface area (Å²) in [6, 6.07) is 9.58. The number of rotatable bonds is 2. The summed E-state index contributed by atoms with van der Waals surface area (Å²) >= 11 is 0. The largest absolute Gasteiger partial charge is 0.511 e. The lowest BCUT2D eigenvalue weighted by atomic mass is 9.82. The molecular weight excluding hydrogens is 216 g/mol. The maximum absolute atomic E-state index is 11.8. The zero-order chi connectivity index (χ0) is 12.4. The topological polar surface area (TPSA) is 54.4 Å². The molecule has 0 fully saturated rings. The first-order valence-corrected chi connectivity index (χ1v) is 5.60. The normalized spacial score (nSPS) is 20.5. The van der Waals surface area contributed by atoms with Gasteiger partial charge in [-0.05, 0) is 18.4 Å². The highest BCUT2D eigenvalue weighted by Gasteiger charge is 2.30. The van der Waals surface area contributed by atoms with Crippen LogP contribution in [0.4, 0.5) is 0 Å². The lowest BCUT2D eigenvalue weighted by Gasteiger charge is -2.22. The smallest absolute Gasteiger partial charge is 0.170 e. The monoisotopic (exact) mass is 230 g/mol. The minimum atomic E-state index is -0.348. The number of ketones is 2. The summed E-state index contributed by atoms with van der Waals surface area (Å²) in [6.45, 7) is 1.31. The Balaban J connectivity index is 2.30. The van der Waals surface area contributed by atoms with Gasteiger partial charge in [-0.15, -0.1) is 0 Å². The van der Waals surface area contributed by atoms with Crippen LogP contribution < -0.4 is 0 Å². The molecule has 88 valence electrons. The van der Waals surface area contributed by atoms with Gasteiger partial charge in [-0.3, -0.25) is 9.59 Å². The van der Waals surface area contributed by atoms with Crippen molar-refractivity contribution in [3.05, 3.63) is 47.2 Å². The van der Waals surface area contributed by atoms with E-state index in [2.05, 4.69) is 0 Å². The summed E-state index contributed by atoms with van der Waals surface area (Å²) in [5, 5.41) is 9.78. The molecule has 0 spiro atoms. The molecule has 0 saturated heterocycles. The summed E-state index contributed by atoms with van der Waals surface area (Å²) in [5.41, 5.74) is 1.01. The van der Waals surface area contributed by atoms with E-state index in [1.807, 2.05) is 30.3 Å². The molecular formula is C14H14O3. The van der Waals surface area contributed by atoms with Crippen molar-refractivity contribution in [3.63, 3.8) is 0 Å². The molecule has 3 heteroatoms. The van der Waals surface area contributed by atoms with Gasteiger partial charge in [0.25, 0.3) is 0 Å². The molecule has 0 aliphatic heterocycles. The Hall–Kier alpha value is -1.90. The number of aliphatic hydroxyl groups excluding tert-OH is 1. The number of hydrogen-bond donors (Lipinski definition) is 1. The molecule has 1 aromatic carbocycles. The molecule has 0 saturated carbocycles. The molecule has 1 aliphatic carbocycles. The summed E-state index contributed by atoms with van der Waals surface area (Å²) in [4.78, 5) is 23.0. The van der Waals surface area contributed by atoms with E-state index in [1.54, 1.807) is 0 Å². The molecule has 0 bridgehead atoms. The number of Topliss-reactive ketones (excluding diaryl/α,β-unsaturated/α-hetero) is 2. The van der Waals surface area contributed by atoms with E-state index in [9.17, 15) is 14.7 Å². The molecule has 1 atom stereocenters. The molecule has 1 aliphatic rings. The Bertz CT molecular complexity index is 485. The fourth-order valence-corrected chi connectivity index (χ4v) is 2.25. The predicted molar refractivity (Wildman–Crippen MR) is 63.8 cm³/mol. The maximum atomic E-state index is 11.8. The fourth-order valence-electron chi connectivity index (χ4n) is 2.25. The lowest BCUT2D eigenvalue weighted by molar-refractivity contribution is -0.121. The highest BCUT2D eigenvalue weighted by atomic mass is 16.3. The Kier molecular flexibility index (Phi) is 3.09. The average molecular weight is 230 g/mol. The number of carbonyl (C=O) groups is 2. The van der Waals surface area contributed by atoms with Crippen molar-refractivity contribution in [2.75, 3.05) is 0 Å². The first kappa shape index (κ1) is 11.6. The number of aliphatic hydroxyl groups is 1. The van der Waals surface area contributed by atoms with Crippen molar-refractivity contribution in [1.82, 2.24) is 0 Å². The van der Waals surface area contributed by atoms with Crippen LogP contribution in [0.2, 0.25) is 0 Å². The van der Waals surface area contributed by atoms with Gasteiger partial charge in [-0.25, -0.2) is 0 Å². The zero-order valence-electron chi connectivity index (χ0n) is 9.64. The van der Waals surface area contributed by atoms with Gasteiger partial charge in [-0.1, -0.05) is 30.3 Å². The SMILES string of the molecule is CC(=O)C1=C(O)C[C@H](c2ccccc2)CC1=O. The van der Waals surface area contributed by atoms with E-state index < -0.39 is 0 Å². The zero-order valence-corrected chi connectivity index (χ0v) is 9.64. The average Bonchev–Trinajstić information content (AvgIpc) is 2.28. The fraction of sp³-hybridized carbons (Fsp3) is 0.286. The molecule has 0 heterocycles. The van der Waals surface area contributed by atoms with E-state index in [4.69, 9.17) is 0 Å². The van der Waals surface area contributed by atoms with Gasteiger partial charge in [0.15, 0.2) is 11.6 Å². The van der Waals surface area contributed by atoms with Crippen molar-refractivity contribution < 1.29 is 14.7 Å². The molecule has 0 radical (unpaired) electrons. The molecule has 1 aromatic rings. The molecule has 0 aromatic heterocycles. The third-order valence-corrected chi connectivity index (χ3v) is 3.06. The first-order valence-electron chi connectivity index (χ1n) is 5.60. The molecule has 2 rings (SSSR count). The highest BCUT2D eigenvalue weighted by molar-refractivity contribution is 6.20. The Morgan fingerprint density at radius 1 is 1.24 bits per heavy atom. The Morgan fingerprint density at radius 3 is 2.41 bits per heavy atom. The van der Waals surface area contributed by atoms with Gasteiger partial charge in [0.05, 0.1) is 5.57 Å². The molecule has 0 amide bonds. The second kappa shape index (κ2) is 4.53. The van der Waals surface area contributed by atoms with Crippen LogP contribution in [0.5, 0.6) is 0 Å². The van der Waals surface area contributed by atoms with E-state index in [-0.39, 0.29) is 28.8 Å². The summed E-state index contributed by atoms with van der Waals surface area (Å²) in [6.07, 6.45) is 0.660. The summed E-state index contributed by atoms with van der Waals surface area (Å²) in [7, 11) is 0. The van der Waals surface area contributed by atoms with E-state index >= 15 is 0 Å². The lowest BCUT2D eigenvalue weighted by Crippen LogP contribution is -2.22. The quantitative estimate of drug-likeness (QED) is 0.794. The van der Waals surface area contributed by atoms with Crippen molar-refractivity contribution in [1.29, 1.82) is 0 Å². The molecule has 1 N–H and O–H groups in total. The standard InChI is InChI=1S/C14H14O3/c1-9(15)14-12(16)7-11(8-13(14)17)10-5-3-2-4-6-10/h2-6,11,16H,7-8H2,1H3/t11-/m0/s1. The van der Waals surface area contributed by atoms with Gasteiger partial charge >= 0.3 is 0 Å². The third kappa shape index (κ3) is 2.28. The van der Waals surface area contributed by atoms with E-state index in [1.165, 1.54) is 6.92 Å². The van der Waals surface area contributed by atoms with Crippen molar-refractivity contribution in [2.45, 2.75) is 25.7 Å². The predicted octanol–water partition coefficient (Wildman–Crippen LogP) is 2.53. The van der Waals surface area contributed by atoms with Crippen LogP contribution in [0.3, 0.4) is 0 Å². The number of carbonyl (C=O) groups excluding carboxylic acids is 2. The van der Waals surface area contributed by atoms with Crippen LogP contribution in [0.1, 0.15) is 31.2 Å². The number of hydrogen-bond acceptors (Lipinski definition) is 3. The molecule has 0 unspecified atom stereocenters. The van der Waals surface area contributed by atoms with Gasteiger partial charge in [0.1, 0.15) is 5.76 Å². The summed E-state index contributed by atoms with van der Waals surface area (Å²) in [5.74, 6) is -0.691. The number of allylic oxidation sites excluding steroid dienone is 2. The Labute approximate surface area is 99.8 Å². The minimum absolute atomic E-state index is 0.0165. The molecule has 17 heavy (non-hydrogen) atoms. The van der Waals surface area contributed by atoms with E-state index in [0.717, 1.165) is 5.56 Å². The summed E-state index contributed by atoms with van der Waals surface area (Å²) < 4.78 is 0. The van der Waals surface area contributed by atoms with Crippen LogP contribution in [-0.2, 0) is 9.59 Å². The first-order chi connectivity index (χ1) is 8.09. The van der Waals surface area contributed by atoms with Crippen LogP contribution in [0.25, 0.3) is 0 Å². The highest BCUT2D eigenvalue weighted by Crippen LogP contribution is 2.33. The van der Waals surface area contributed by atoms with Gasteiger partial charge in [0.2, 0.25) is 0 Å². The van der Waals surface area contributed by atoms with Crippen molar-refractivity contribution >= 4 is 11.6 Å².